The zero-order valence-electron chi connectivity index (χ0n) is 14.0. The van der Waals surface area contributed by atoms with Crippen molar-refractivity contribution in [2.24, 2.45) is 5.10 Å². The molecule has 0 aliphatic carbocycles. The molecule has 0 atom stereocenters. The lowest BCUT2D eigenvalue weighted by atomic mass is 10.2. The van der Waals surface area contributed by atoms with Crippen LogP contribution in [0.25, 0.3) is 10.2 Å². The molecule has 2 aromatic carbocycles. The first-order chi connectivity index (χ1) is 13.2. The van der Waals surface area contributed by atoms with Crippen molar-refractivity contribution in [3.63, 3.8) is 0 Å². The summed E-state index contributed by atoms with van der Waals surface area (Å²) in [6, 6.07) is 13.6. The highest BCUT2D eigenvalue weighted by Crippen LogP contribution is 2.30. The van der Waals surface area contributed by atoms with E-state index in [4.69, 9.17) is 9.47 Å². The maximum absolute atomic E-state index is 13.5. The molecule has 4 rings (SSSR count). The Bertz CT molecular complexity index is 1030. The van der Waals surface area contributed by atoms with Gasteiger partial charge in [0.1, 0.15) is 25.3 Å². The van der Waals surface area contributed by atoms with Crippen molar-refractivity contribution in [1.29, 1.82) is 0 Å². The van der Waals surface area contributed by atoms with Crippen LogP contribution < -0.4 is 5.01 Å². The van der Waals surface area contributed by atoms with Crippen LogP contribution in [0.3, 0.4) is 0 Å². The average molecular weight is 383 g/mol. The first kappa shape index (κ1) is 17.2. The van der Waals surface area contributed by atoms with Gasteiger partial charge in [0, 0.05) is 0 Å². The molecule has 0 fully saturated rings. The summed E-state index contributed by atoms with van der Waals surface area (Å²) in [6.45, 7) is 0.656. The number of hydrogen-bond donors (Lipinski definition) is 0. The van der Waals surface area contributed by atoms with Gasteiger partial charge in [-0.05, 0) is 23.8 Å². The summed E-state index contributed by atoms with van der Waals surface area (Å²) < 4.78 is 24.7. The Morgan fingerprint density at radius 2 is 2.07 bits per heavy atom. The third kappa shape index (κ3) is 3.80. The van der Waals surface area contributed by atoms with E-state index in [2.05, 4.69) is 10.1 Å². The van der Waals surface area contributed by atoms with Gasteiger partial charge < -0.3 is 9.47 Å². The summed E-state index contributed by atoms with van der Waals surface area (Å²) in [7, 11) is 0. The zero-order valence-corrected chi connectivity index (χ0v) is 14.9. The molecule has 136 valence electrons. The number of halogens is 1. The lowest BCUT2D eigenvalue weighted by Gasteiger charge is -2.19. The Hall–Kier alpha value is -3.26. The topological polar surface area (TPSA) is 64.0 Å². The van der Waals surface area contributed by atoms with Gasteiger partial charge in [0.15, 0.2) is 0 Å². The van der Waals surface area contributed by atoms with E-state index in [1.807, 2.05) is 30.3 Å². The molecule has 8 heteroatoms. The number of rotatable bonds is 4. The molecule has 0 saturated heterocycles. The van der Waals surface area contributed by atoms with Crippen LogP contribution in [0.4, 0.5) is 9.52 Å². The molecule has 0 bridgehead atoms. The highest BCUT2D eigenvalue weighted by atomic mass is 32.1. The molecule has 1 aromatic heterocycles. The van der Waals surface area contributed by atoms with Crippen molar-refractivity contribution in [3.8, 4) is 0 Å². The second-order valence-electron chi connectivity index (χ2n) is 5.58. The van der Waals surface area contributed by atoms with E-state index in [0.29, 0.717) is 22.0 Å². The average Bonchev–Trinajstić information content (AvgIpc) is 3.12. The summed E-state index contributed by atoms with van der Waals surface area (Å²) in [5, 5.41) is 5.74. The minimum Gasteiger partial charge on any atom is -0.494 e. The highest BCUT2D eigenvalue weighted by Gasteiger charge is 2.26. The van der Waals surface area contributed by atoms with Gasteiger partial charge in [-0.15, -0.1) is 0 Å². The van der Waals surface area contributed by atoms with Gasteiger partial charge in [-0.2, -0.15) is 10.1 Å². The third-order valence-corrected chi connectivity index (χ3v) is 4.69. The Kier molecular flexibility index (Phi) is 4.80. The summed E-state index contributed by atoms with van der Waals surface area (Å²) in [4.78, 5) is 17.3. The quantitative estimate of drug-likeness (QED) is 0.509. The second kappa shape index (κ2) is 7.55. The monoisotopic (exact) mass is 383 g/mol. The van der Waals surface area contributed by atoms with Crippen LogP contribution in [0.1, 0.15) is 5.56 Å². The van der Waals surface area contributed by atoms with Crippen molar-refractivity contribution in [1.82, 2.24) is 4.98 Å². The number of amides is 1. The zero-order chi connectivity index (χ0) is 18.6. The largest absolute Gasteiger partial charge is 0.494 e. The number of fused-ring (bicyclic) bond motifs is 1. The van der Waals surface area contributed by atoms with Crippen molar-refractivity contribution in [2.75, 3.05) is 18.2 Å². The number of aromatic nitrogens is 1. The predicted molar refractivity (Wildman–Crippen MR) is 101 cm³/mol. The van der Waals surface area contributed by atoms with Crippen molar-refractivity contribution < 1.29 is 18.7 Å². The maximum Gasteiger partial charge on any atom is 0.319 e. The van der Waals surface area contributed by atoms with Crippen LogP contribution in [0.5, 0.6) is 0 Å². The predicted octanol–water partition coefficient (Wildman–Crippen LogP) is 3.69. The normalized spacial score (nSPS) is 13.9. The first-order valence-electron chi connectivity index (χ1n) is 8.15. The van der Waals surface area contributed by atoms with E-state index < -0.39 is 5.91 Å². The van der Waals surface area contributed by atoms with Crippen LogP contribution in [-0.2, 0) is 14.3 Å². The molecule has 2 heterocycles. The minimum atomic E-state index is -0.513. The van der Waals surface area contributed by atoms with E-state index in [9.17, 15) is 9.18 Å². The lowest BCUT2D eigenvalue weighted by Crippen LogP contribution is -2.30. The number of anilines is 1. The molecule has 1 aliphatic heterocycles. The molecule has 3 aromatic rings. The Morgan fingerprint density at radius 1 is 1.22 bits per heavy atom. The van der Waals surface area contributed by atoms with E-state index >= 15 is 0 Å². The standard InChI is InChI=1S/C19H14FN3O3S/c20-14-6-7-15-17(10-14)27-19(22-15)23(18(24)16-12-25-8-9-26-16)21-11-13-4-2-1-3-5-13/h1-7,10-12H,8-9H2/b21-11-. The van der Waals surface area contributed by atoms with Gasteiger partial charge in [-0.25, -0.2) is 9.37 Å². The minimum absolute atomic E-state index is 0.0388. The maximum atomic E-state index is 13.5. The van der Waals surface area contributed by atoms with Crippen LogP contribution in [0.2, 0.25) is 0 Å². The van der Waals surface area contributed by atoms with E-state index in [1.165, 1.54) is 18.4 Å². The van der Waals surface area contributed by atoms with Gasteiger partial charge >= 0.3 is 5.91 Å². The number of hydrogen-bond acceptors (Lipinski definition) is 6. The number of hydrazone groups is 1. The van der Waals surface area contributed by atoms with Crippen molar-refractivity contribution in [2.45, 2.75) is 0 Å². The van der Waals surface area contributed by atoms with Gasteiger partial charge in [0.05, 0.1) is 16.4 Å². The number of carbonyl (C=O) groups is 1. The van der Waals surface area contributed by atoms with Gasteiger partial charge in [0.2, 0.25) is 10.9 Å². The SMILES string of the molecule is O=C(C1=COCCO1)N(/N=C\c1ccccc1)c1nc2ccc(F)cc2s1. The summed E-state index contributed by atoms with van der Waals surface area (Å²) >= 11 is 1.16. The molecule has 1 amide bonds. The molecule has 0 spiro atoms. The molecular formula is C19H14FN3O3S. The molecule has 0 radical (unpaired) electrons. The van der Waals surface area contributed by atoms with Gasteiger partial charge in [0.25, 0.3) is 0 Å². The van der Waals surface area contributed by atoms with Gasteiger partial charge in [-0.1, -0.05) is 41.7 Å². The van der Waals surface area contributed by atoms with Crippen LogP contribution in [-0.4, -0.2) is 30.3 Å². The second-order valence-corrected chi connectivity index (χ2v) is 6.59. The molecule has 1 aliphatic rings. The number of benzene rings is 2. The van der Waals surface area contributed by atoms with Crippen LogP contribution >= 0.6 is 11.3 Å². The van der Waals surface area contributed by atoms with Gasteiger partial charge in [-0.3, -0.25) is 4.79 Å². The Balaban J connectivity index is 1.73. The summed E-state index contributed by atoms with van der Waals surface area (Å²) in [5.74, 6) is -0.839. The number of carbonyl (C=O) groups excluding carboxylic acids is 1. The molecule has 0 saturated carbocycles. The van der Waals surface area contributed by atoms with Crippen LogP contribution in [0, 0.1) is 5.82 Å². The Labute approximate surface area is 158 Å². The highest BCUT2D eigenvalue weighted by molar-refractivity contribution is 7.22. The Morgan fingerprint density at radius 3 is 2.85 bits per heavy atom. The molecular weight excluding hydrogens is 369 g/mol. The third-order valence-electron chi connectivity index (χ3n) is 3.69. The van der Waals surface area contributed by atoms with Crippen molar-refractivity contribution in [3.05, 3.63) is 71.9 Å². The summed E-state index contributed by atoms with van der Waals surface area (Å²) in [5.41, 5.74) is 1.40. The smallest absolute Gasteiger partial charge is 0.319 e. The molecule has 0 N–H and O–H groups in total. The van der Waals surface area contributed by atoms with E-state index in [0.717, 1.165) is 21.9 Å². The number of ether oxygens (including phenoxy) is 2. The van der Waals surface area contributed by atoms with Crippen molar-refractivity contribution >= 4 is 38.8 Å². The van der Waals surface area contributed by atoms with Crippen LogP contribution in [0.15, 0.2) is 65.7 Å². The first-order valence-corrected chi connectivity index (χ1v) is 8.96. The van der Waals surface area contributed by atoms with E-state index in [-0.39, 0.29) is 18.2 Å². The molecule has 0 unspecified atom stereocenters. The fourth-order valence-electron chi connectivity index (χ4n) is 2.41. The number of nitrogens with zero attached hydrogens (tertiary/aromatic N) is 3. The lowest BCUT2D eigenvalue weighted by molar-refractivity contribution is -0.119. The van der Waals surface area contributed by atoms with E-state index in [1.54, 1.807) is 12.3 Å². The fraction of sp³-hybridized carbons (Fsp3) is 0.105. The number of thiazole rings is 1. The fourth-order valence-corrected chi connectivity index (χ4v) is 3.36. The summed E-state index contributed by atoms with van der Waals surface area (Å²) in [6.07, 6.45) is 2.82. The molecule has 6 nitrogen and oxygen atoms in total. The molecule has 27 heavy (non-hydrogen) atoms.